The highest BCUT2D eigenvalue weighted by Gasteiger charge is 2.12. The molecule has 0 saturated heterocycles. The van der Waals surface area contributed by atoms with Crippen LogP contribution in [0.15, 0.2) is 29.8 Å². The Kier molecular flexibility index (Phi) is 6.13. The lowest BCUT2D eigenvalue weighted by molar-refractivity contribution is -0.116. The number of amides is 1. The molecule has 1 aliphatic heterocycles. The molecule has 0 saturated carbocycles. The lowest BCUT2D eigenvalue weighted by Gasteiger charge is -2.19. The number of carbonyl (C=O) groups excluding carboxylic acids is 1. The Hall–Kier alpha value is -2.01. The largest absolute Gasteiger partial charge is 0.486 e. The van der Waals surface area contributed by atoms with E-state index < -0.39 is 0 Å². The first kappa shape index (κ1) is 16.8. The fraction of sp³-hybridized carbons (Fsp3) is 0.526. The number of allylic oxidation sites excluding steroid dienone is 1. The van der Waals surface area contributed by atoms with Crippen molar-refractivity contribution in [3.05, 3.63) is 29.8 Å². The molecule has 0 atom stereocenters. The average Bonchev–Trinajstić information content (AvgIpc) is 2.62. The first-order valence-corrected chi connectivity index (χ1v) is 8.89. The summed E-state index contributed by atoms with van der Waals surface area (Å²) in [6.07, 6.45) is 9.07. The molecule has 0 unspecified atom stereocenters. The van der Waals surface area contributed by atoms with Gasteiger partial charge in [-0.2, -0.15) is 0 Å². The molecule has 1 aromatic carbocycles. The number of carbonyl (C=O) groups is 1. The summed E-state index contributed by atoms with van der Waals surface area (Å²) in [5, 5.41) is 6.26. The second kappa shape index (κ2) is 8.73. The smallest absolute Gasteiger partial charge is 0.225 e. The van der Waals surface area contributed by atoms with E-state index in [4.69, 9.17) is 9.47 Å². The van der Waals surface area contributed by atoms with Crippen molar-refractivity contribution in [2.24, 2.45) is 0 Å². The van der Waals surface area contributed by atoms with Gasteiger partial charge < -0.3 is 20.1 Å². The van der Waals surface area contributed by atoms with Gasteiger partial charge in [-0.1, -0.05) is 11.6 Å². The summed E-state index contributed by atoms with van der Waals surface area (Å²) in [4.78, 5) is 12.0. The maximum Gasteiger partial charge on any atom is 0.225 e. The fourth-order valence-corrected chi connectivity index (χ4v) is 3.05. The zero-order valence-corrected chi connectivity index (χ0v) is 14.1. The van der Waals surface area contributed by atoms with E-state index in [-0.39, 0.29) is 5.91 Å². The van der Waals surface area contributed by atoms with E-state index >= 15 is 0 Å². The van der Waals surface area contributed by atoms with Crippen LogP contribution in [0, 0.1) is 0 Å². The molecule has 2 aliphatic rings. The zero-order chi connectivity index (χ0) is 16.6. The van der Waals surface area contributed by atoms with E-state index in [9.17, 15) is 4.79 Å². The number of benzene rings is 1. The molecule has 0 fully saturated rings. The average molecular weight is 330 g/mol. The molecule has 0 bridgehead atoms. The van der Waals surface area contributed by atoms with Gasteiger partial charge in [0.15, 0.2) is 11.5 Å². The molecule has 0 radical (unpaired) electrons. The van der Waals surface area contributed by atoms with Crippen LogP contribution in [0.1, 0.15) is 38.5 Å². The highest BCUT2D eigenvalue weighted by atomic mass is 16.6. The van der Waals surface area contributed by atoms with Crippen LogP contribution in [0.4, 0.5) is 5.69 Å². The second-order valence-corrected chi connectivity index (χ2v) is 6.26. The summed E-state index contributed by atoms with van der Waals surface area (Å²) in [5.74, 6) is 1.44. The molecule has 5 nitrogen and oxygen atoms in total. The van der Waals surface area contributed by atoms with Gasteiger partial charge in [0.2, 0.25) is 5.91 Å². The van der Waals surface area contributed by atoms with Crippen LogP contribution >= 0.6 is 0 Å². The molecule has 1 amide bonds. The highest BCUT2D eigenvalue weighted by molar-refractivity contribution is 5.91. The summed E-state index contributed by atoms with van der Waals surface area (Å²) in [6.45, 7) is 2.76. The number of ether oxygens (including phenoxy) is 2. The first-order valence-electron chi connectivity index (χ1n) is 8.89. The SMILES string of the molecule is O=C(CCNCCC1=CCCCC1)Nc1ccc2c(c1)OCCO2. The van der Waals surface area contributed by atoms with Crippen LogP contribution in [0.25, 0.3) is 0 Å². The molecule has 1 aliphatic carbocycles. The summed E-state index contributed by atoms with van der Waals surface area (Å²) >= 11 is 0. The summed E-state index contributed by atoms with van der Waals surface area (Å²) in [7, 11) is 0. The Morgan fingerprint density at radius 1 is 1.08 bits per heavy atom. The quantitative estimate of drug-likeness (QED) is 0.595. The highest BCUT2D eigenvalue weighted by Crippen LogP contribution is 2.32. The Labute approximate surface area is 143 Å². The summed E-state index contributed by atoms with van der Waals surface area (Å²) < 4.78 is 11.0. The van der Waals surface area contributed by atoms with Crippen molar-refractivity contribution < 1.29 is 14.3 Å². The van der Waals surface area contributed by atoms with Crippen molar-refractivity contribution in [1.82, 2.24) is 5.32 Å². The van der Waals surface area contributed by atoms with Crippen molar-refractivity contribution in [2.45, 2.75) is 38.5 Å². The van der Waals surface area contributed by atoms with Crippen molar-refractivity contribution in [1.29, 1.82) is 0 Å². The van der Waals surface area contributed by atoms with E-state index in [0.29, 0.717) is 31.9 Å². The summed E-state index contributed by atoms with van der Waals surface area (Å²) in [5.41, 5.74) is 2.31. The number of hydrogen-bond donors (Lipinski definition) is 2. The van der Waals surface area contributed by atoms with E-state index in [2.05, 4.69) is 16.7 Å². The maximum absolute atomic E-state index is 12.0. The van der Waals surface area contributed by atoms with Crippen molar-refractivity contribution in [2.75, 3.05) is 31.6 Å². The minimum Gasteiger partial charge on any atom is -0.486 e. The Balaban J connectivity index is 1.34. The molecule has 0 spiro atoms. The second-order valence-electron chi connectivity index (χ2n) is 6.26. The molecular formula is C19H26N2O3. The van der Waals surface area contributed by atoms with Gasteiger partial charge >= 0.3 is 0 Å². The lowest BCUT2D eigenvalue weighted by Crippen LogP contribution is -2.23. The topological polar surface area (TPSA) is 59.6 Å². The number of fused-ring (bicyclic) bond motifs is 1. The number of hydrogen-bond acceptors (Lipinski definition) is 4. The van der Waals surface area contributed by atoms with Crippen LogP contribution < -0.4 is 20.1 Å². The van der Waals surface area contributed by atoms with Crippen LogP contribution in [0.3, 0.4) is 0 Å². The molecule has 1 heterocycles. The number of nitrogens with one attached hydrogen (secondary N) is 2. The zero-order valence-electron chi connectivity index (χ0n) is 14.1. The van der Waals surface area contributed by atoms with Gasteiger partial charge in [0.05, 0.1) is 0 Å². The van der Waals surface area contributed by atoms with Crippen molar-refractivity contribution >= 4 is 11.6 Å². The summed E-state index contributed by atoms with van der Waals surface area (Å²) in [6, 6.07) is 5.49. The standard InChI is InChI=1S/C19H26N2O3/c22-19(9-11-20-10-8-15-4-2-1-3-5-15)21-16-6-7-17-18(14-16)24-13-12-23-17/h4,6-7,14,20H,1-3,5,8-13H2,(H,21,22). The molecule has 2 N–H and O–H groups in total. The Morgan fingerprint density at radius 2 is 1.96 bits per heavy atom. The van der Waals surface area contributed by atoms with Gasteiger partial charge in [0, 0.05) is 24.7 Å². The first-order chi connectivity index (χ1) is 11.8. The molecule has 5 heteroatoms. The molecule has 24 heavy (non-hydrogen) atoms. The van der Waals surface area contributed by atoms with Crippen LogP contribution in [-0.4, -0.2) is 32.2 Å². The fourth-order valence-electron chi connectivity index (χ4n) is 3.05. The van der Waals surface area contributed by atoms with E-state index in [0.717, 1.165) is 24.4 Å². The third kappa shape index (κ3) is 4.99. The maximum atomic E-state index is 12.0. The van der Waals surface area contributed by atoms with E-state index in [1.165, 1.54) is 25.7 Å². The Morgan fingerprint density at radius 3 is 2.79 bits per heavy atom. The Bertz CT molecular complexity index is 598. The van der Waals surface area contributed by atoms with Gasteiger partial charge in [0.25, 0.3) is 0 Å². The van der Waals surface area contributed by atoms with E-state index in [1.54, 1.807) is 5.57 Å². The van der Waals surface area contributed by atoms with Crippen molar-refractivity contribution in [3.8, 4) is 11.5 Å². The van der Waals surface area contributed by atoms with Gasteiger partial charge in [-0.05, 0) is 50.8 Å². The van der Waals surface area contributed by atoms with Crippen LogP contribution in [-0.2, 0) is 4.79 Å². The van der Waals surface area contributed by atoms with Crippen LogP contribution in [0.2, 0.25) is 0 Å². The number of anilines is 1. The predicted octanol–water partition coefficient (Wildman–Crippen LogP) is 3.27. The predicted molar refractivity (Wildman–Crippen MR) is 94.7 cm³/mol. The number of rotatable bonds is 7. The van der Waals surface area contributed by atoms with Gasteiger partial charge in [-0.15, -0.1) is 0 Å². The third-order valence-corrected chi connectivity index (χ3v) is 4.36. The van der Waals surface area contributed by atoms with Crippen LogP contribution in [0.5, 0.6) is 11.5 Å². The molecule has 130 valence electrons. The molecule has 0 aromatic heterocycles. The van der Waals surface area contributed by atoms with Gasteiger partial charge in [0.1, 0.15) is 13.2 Å². The minimum atomic E-state index is 0.0102. The molecule has 1 aromatic rings. The third-order valence-electron chi connectivity index (χ3n) is 4.36. The lowest BCUT2D eigenvalue weighted by atomic mass is 9.97. The van der Waals surface area contributed by atoms with Crippen molar-refractivity contribution in [3.63, 3.8) is 0 Å². The monoisotopic (exact) mass is 330 g/mol. The van der Waals surface area contributed by atoms with Gasteiger partial charge in [-0.3, -0.25) is 4.79 Å². The normalized spacial score (nSPS) is 16.4. The molecular weight excluding hydrogens is 304 g/mol. The minimum absolute atomic E-state index is 0.0102. The van der Waals surface area contributed by atoms with Gasteiger partial charge in [-0.25, -0.2) is 0 Å². The molecule has 3 rings (SSSR count). The van der Waals surface area contributed by atoms with E-state index in [1.807, 2.05) is 18.2 Å².